The summed E-state index contributed by atoms with van der Waals surface area (Å²) in [7, 11) is -1.73. The predicted octanol–water partition coefficient (Wildman–Crippen LogP) is 5.25. The topological polar surface area (TPSA) is 9.23 Å². The predicted molar refractivity (Wildman–Crippen MR) is 85.4 cm³/mol. The van der Waals surface area contributed by atoms with E-state index in [0.717, 1.165) is 11.1 Å². The fraction of sp³-hybridized carbons (Fsp3) is 0.500. The fourth-order valence-corrected chi connectivity index (χ4v) is 2.70. The fourth-order valence-electron chi connectivity index (χ4n) is 1.35. The Morgan fingerprint density at radius 2 is 1.67 bits per heavy atom. The van der Waals surface area contributed by atoms with Crippen molar-refractivity contribution in [3.05, 3.63) is 49.1 Å². The minimum absolute atomic E-state index is 0.0654. The van der Waals surface area contributed by atoms with Crippen LogP contribution in [0.2, 0.25) is 18.1 Å². The van der Waals surface area contributed by atoms with Crippen molar-refractivity contribution < 1.29 is 4.43 Å². The minimum atomic E-state index is -1.73. The van der Waals surface area contributed by atoms with Gasteiger partial charge in [-0.2, -0.15) is 0 Å². The highest BCUT2D eigenvalue weighted by Crippen LogP contribution is 2.37. The second kappa shape index (κ2) is 6.35. The molecule has 0 fully saturated rings. The van der Waals surface area contributed by atoms with Gasteiger partial charge >= 0.3 is 0 Å². The Bertz CT molecular complexity index is 356. The van der Waals surface area contributed by atoms with Crippen molar-refractivity contribution in [2.75, 3.05) is 0 Å². The summed E-state index contributed by atoms with van der Waals surface area (Å²) >= 11 is 0. The lowest BCUT2D eigenvalue weighted by Crippen LogP contribution is -2.42. The molecule has 1 atom stereocenters. The van der Waals surface area contributed by atoms with Crippen molar-refractivity contribution in [3.63, 3.8) is 0 Å². The molecule has 18 heavy (non-hydrogen) atoms. The van der Waals surface area contributed by atoms with Crippen LogP contribution in [0.4, 0.5) is 0 Å². The van der Waals surface area contributed by atoms with Crippen LogP contribution in [0.25, 0.3) is 0 Å². The Kier molecular flexibility index (Phi) is 6.04. The smallest absolute Gasteiger partial charge is 0.192 e. The van der Waals surface area contributed by atoms with Crippen molar-refractivity contribution in [1.29, 1.82) is 0 Å². The summed E-state index contributed by atoms with van der Waals surface area (Å²) in [6.07, 6.45) is 5.68. The van der Waals surface area contributed by atoms with Crippen molar-refractivity contribution in [3.8, 4) is 0 Å². The van der Waals surface area contributed by atoms with E-state index in [1.165, 1.54) is 0 Å². The van der Waals surface area contributed by atoms with Gasteiger partial charge in [-0.3, -0.25) is 0 Å². The summed E-state index contributed by atoms with van der Waals surface area (Å²) in [4.78, 5) is 0. The monoisotopic (exact) mass is 264 g/mol. The van der Waals surface area contributed by atoms with Gasteiger partial charge in [0.1, 0.15) is 0 Å². The third-order valence-corrected chi connectivity index (χ3v) is 8.11. The molecule has 0 saturated carbocycles. The molecule has 0 bridgehead atoms. The standard InChI is InChI=1S/C16H28OSi/c1-10-13(3)15(11-2)12-14(4)17-18(8,9)16(5,6)7/h10-12,14H,1-3H2,4-9H3/b15-12-/t14-/m0/s1. The van der Waals surface area contributed by atoms with Crippen LogP contribution >= 0.6 is 0 Å². The summed E-state index contributed by atoms with van der Waals surface area (Å²) in [6, 6.07) is 0. The average molecular weight is 264 g/mol. The van der Waals surface area contributed by atoms with Crippen molar-refractivity contribution in [1.82, 2.24) is 0 Å². The normalized spacial score (nSPS) is 15.1. The van der Waals surface area contributed by atoms with Gasteiger partial charge in [0.2, 0.25) is 0 Å². The lowest BCUT2D eigenvalue weighted by atomic mass is 10.1. The summed E-state index contributed by atoms with van der Waals surface area (Å²) < 4.78 is 6.27. The van der Waals surface area contributed by atoms with E-state index in [1.54, 1.807) is 12.2 Å². The van der Waals surface area contributed by atoms with Gasteiger partial charge in [0, 0.05) is 0 Å². The summed E-state index contributed by atoms with van der Waals surface area (Å²) in [5, 5.41) is 0.221. The maximum absolute atomic E-state index is 6.27. The first-order valence-electron chi connectivity index (χ1n) is 6.39. The highest BCUT2D eigenvalue weighted by atomic mass is 28.4. The van der Waals surface area contributed by atoms with Crippen LogP contribution < -0.4 is 0 Å². The van der Waals surface area contributed by atoms with Gasteiger partial charge in [0.15, 0.2) is 8.32 Å². The van der Waals surface area contributed by atoms with E-state index in [1.807, 2.05) is 0 Å². The summed E-state index contributed by atoms with van der Waals surface area (Å²) in [6.45, 7) is 24.8. The molecule has 0 radical (unpaired) electrons. The molecule has 1 nitrogen and oxygen atoms in total. The first kappa shape index (κ1) is 17.1. The molecule has 0 spiro atoms. The molecule has 0 heterocycles. The molecule has 0 rings (SSSR count). The molecule has 0 saturated heterocycles. The summed E-state index contributed by atoms with van der Waals surface area (Å²) in [5.74, 6) is 0. The SMILES string of the molecule is C=CC(=C)/C(C=C)=C\[C@H](C)O[Si](C)(C)C(C)(C)C. The number of rotatable bonds is 6. The third kappa shape index (κ3) is 4.79. The molecular formula is C16H28OSi. The van der Waals surface area contributed by atoms with Crippen LogP contribution in [0.15, 0.2) is 49.1 Å². The Labute approximate surface area is 114 Å². The summed E-state index contributed by atoms with van der Waals surface area (Å²) in [5.41, 5.74) is 1.88. The Balaban J connectivity index is 4.93. The van der Waals surface area contributed by atoms with Crippen LogP contribution in [-0.4, -0.2) is 14.4 Å². The lowest BCUT2D eigenvalue weighted by Gasteiger charge is -2.38. The van der Waals surface area contributed by atoms with Gasteiger partial charge < -0.3 is 4.43 Å². The van der Waals surface area contributed by atoms with Gasteiger partial charge in [-0.25, -0.2) is 0 Å². The molecule has 102 valence electrons. The van der Waals surface area contributed by atoms with E-state index < -0.39 is 8.32 Å². The van der Waals surface area contributed by atoms with Gasteiger partial charge in [-0.15, -0.1) is 0 Å². The van der Waals surface area contributed by atoms with Crippen LogP contribution in [0.5, 0.6) is 0 Å². The van der Waals surface area contributed by atoms with E-state index in [0.29, 0.717) is 0 Å². The van der Waals surface area contributed by atoms with E-state index >= 15 is 0 Å². The van der Waals surface area contributed by atoms with Crippen LogP contribution in [0.1, 0.15) is 27.7 Å². The van der Waals surface area contributed by atoms with E-state index in [9.17, 15) is 0 Å². The highest BCUT2D eigenvalue weighted by molar-refractivity contribution is 6.74. The Hall–Kier alpha value is -0.863. The molecule has 0 aromatic heterocycles. The molecule has 0 amide bonds. The first-order chi connectivity index (χ1) is 8.05. The van der Waals surface area contributed by atoms with Crippen LogP contribution in [0.3, 0.4) is 0 Å². The highest BCUT2D eigenvalue weighted by Gasteiger charge is 2.38. The second-order valence-corrected chi connectivity index (χ2v) is 10.9. The zero-order chi connectivity index (χ0) is 14.6. The molecular weight excluding hydrogens is 236 g/mol. The van der Waals surface area contributed by atoms with Gasteiger partial charge in [0.25, 0.3) is 0 Å². The van der Waals surface area contributed by atoms with E-state index in [-0.39, 0.29) is 11.1 Å². The Morgan fingerprint density at radius 1 is 1.17 bits per heavy atom. The largest absolute Gasteiger partial charge is 0.411 e. The van der Waals surface area contributed by atoms with Gasteiger partial charge in [-0.05, 0) is 42.3 Å². The van der Waals surface area contributed by atoms with E-state index in [2.05, 4.69) is 66.6 Å². The minimum Gasteiger partial charge on any atom is -0.411 e. The first-order valence-corrected chi connectivity index (χ1v) is 9.29. The van der Waals surface area contributed by atoms with Crippen LogP contribution in [0, 0.1) is 0 Å². The number of hydrogen-bond donors (Lipinski definition) is 0. The quantitative estimate of drug-likeness (QED) is 0.470. The molecule has 0 aromatic rings. The van der Waals surface area contributed by atoms with Crippen molar-refractivity contribution in [2.45, 2.75) is 51.9 Å². The van der Waals surface area contributed by atoms with Gasteiger partial charge in [-0.1, -0.05) is 52.7 Å². The van der Waals surface area contributed by atoms with Crippen molar-refractivity contribution >= 4 is 8.32 Å². The molecule has 0 aliphatic rings. The molecule has 0 aliphatic heterocycles. The average Bonchev–Trinajstić information content (AvgIpc) is 2.22. The second-order valence-electron chi connectivity index (χ2n) is 6.14. The van der Waals surface area contributed by atoms with E-state index in [4.69, 9.17) is 4.43 Å². The maximum atomic E-state index is 6.27. The molecule has 0 aliphatic carbocycles. The molecule has 2 heteroatoms. The third-order valence-electron chi connectivity index (χ3n) is 3.54. The van der Waals surface area contributed by atoms with Crippen LogP contribution in [-0.2, 0) is 4.43 Å². The lowest BCUT2D eigenvalue weighted by molar-refractivity contribution is 0.243. The molecule has 0 aromatic carbocycles. The Morgan fingerprint density at radius 3 is 2.00 bits per heavy atom. The zero-order valence-electron chi connectivity index (χ0n) is 12.8. The maximum Gasteiger partial charge on any atom is 0.192 e. The number of allylic oxidation sites excluding steroid dienone is 4. The van der Waals surface area contributed by atoms with Crippen molar-refractivity contribution in [2.24, 2.45) is 0 Å². The van der Waals surface area contributed by atoms with Gasteiger partial charge in [0.05, 0.1) is 6.10 Å². The number of hydrogen-bond acceptors (Lipinski definition) is 1. The zero-order valence-corrected chi connectivity index (χ0v) is 13.8. The molecule has 0 N–H and O–H groups in total. The molecule has 0 unspecified atom stereocenters.